The molecular weight excluding hydrogens is 288 g/mol. The van der Waals surface area contributed by atoms with E-state index in [0.29, 0.717) is 30.1 Å². The number of piperidine rings is 1. The lowest BCUT2D eigenvalue weighted by Gasteiger charge is -2.28. The number of carbonyl (C=O) groups excluding carboxylic acids is 3. The number of rotatable bonds is 2. The summed E-state index contributed by atoms with van der Waals surface area (Å²) in [5, 5.41) is 15.0. The number of para-hydroxylation sites is 1. The zero-order valence-electron chi connectivity index (χ0n) is 11.7. The smallest absolute Gasteiger partial charge is 0.309 e. The van der Waals surface area contributed by atoms with Gasteiger partial charge in [0.05, 0.1) is 6.04 Å². The fourth-order valence-corrected chi connectivity index (χ4v) is 2.80. The number of hydrogen-bond donors (Lipinski definition) is 3. The van der Waals surface area contributed by atoms with Crippen molar-refractivity contribution in [3.8, 4) is 0 Å². The van der Waals surface area contributed by atoms with Gasteiger partial charge >= 0.3 is 12.1 Å². The molecule has 0 aliphatic carbocycles. The first-order valence-electron chi connectivity index (χ1n) is 7.02. The van der Waals surface area contributed by atoms with Gasteiger partial charge < -0.3 is 10.2 Å². The molecule has 0 aromatic heterocycles. The Bertz CT molecular complexity index is 606. The van der Waals surface area contributed by atoms with Gasteiger partial charge in [-0.3, -0.25) is 15.3 Å². The van der Waals surface area contributed by atoms with Gasteiger partial charge in [-0.1, -0.05) is 18.2 Å². The van der Waals surface area contributed by atoms with E-state index in [0.717, 1.165) is 0 Å². The number of carbonyl (C=O) groups is 3. The minimum absolute atomic E-state index is 0.269. The Morgan fingerprint density at radius 3 is 2.64 bits per heavy atom. The maximum Gasteiger partial charge on any atom is 0.344 e. The number of fused-ring (bicyclic) bond motifs is 2. The molecule has 8 nitrogen and oxygen atoms in total. The number of urea groups is 2. The molecule has 5 amide bonds. The third kappa shape index (κ3) is 2.60. The van der Waals surface area contributed by atoms with E-state index in [1.165, 1.54) is 4.90 Å². The van der Waals surface area contributed by atoms with E-state index in [1.807, 2.05) is 6.07 Å². The number of amides is 5. The highest BCUT2D eigenvalue weighted by Crippen LogP contribution is 2.28. The van der Waals surface area contributed by atoms with Crippen molar-refractivity contribution in [1.82, 2.24) is 15.3 Å². The Balaban J connectivity index is 1.60. The zero-order chi connectivity index (χ0) is 15.7. The quantitative estimate of drug-likeness (QED) is 0.709. The lowest BCUT2D eigenvalue weighted by atomic mass is 10.0. The van der Waals surface area contributed by atoms with E-state index < -0.39 is 24.0 Å². The lowest BCUT2D eigenvalue weighted by molar-refractivity contribution is -0.124. The summed E-state index contributed by atoms with van der Waals surface area (Å²) in [5.74, 6) is -0.546. The average molecular weight is 304 g/mol. The Morgan fingerprint density at radius 2 is 1.91 bits per heavy atom. The number of anilines is 1. The van der Waals surface area contributed by atoms with Crippen molar-refractivity contribution in [1.29, 1.82) is 0 Å². The highest BCUT2D eigenvalue weighted by Gasteiger charge is 2.46. The summed E-state index contributed by atoms with van der Waals surface area (Å²) >= 11 is 0. The average Bonchev–Trinajstić information content (AvgIpc) is 2.73. The highest BCUT2D eigenvalue weighted by atomic mass is 16.5. The fourth-order valence-electron chi connectivity index (χ4n) is 2.80. The van der Waals surface area contributed by atoms with Gasteiger partial charge in [0, 0.05) is 12.2 Å². The van der Waals surface area contributed by atoms with Crippen LogP contribution in [0.15, 0.2) is 30.3 Å². The molecule has 2 bridgehead atoms. The second kappa shape index (κ2) is 5.64. The van der Waals surface area contributed by atoms with Crippen molar-refractivity contribution in [3.63, 3.8) is 0 Å². The molecule has 1 aromatic carbocycles. The molecule has 1 aromatic rings. The predicted octanol–water partition coefficient (Wildman–Crippen LogP) is 0.992. The number of imide groups is 1. The third-order valence-corrected chi connectivity index (χ3v) is 3.92. The molecule has 2 heterocycles. The molecule has 0 radical (unpaired) electrons. The number of hydroxylamine groups is 2. The van der Waals surface area contributed by atoms with Gasteiger partial charge in [0.25, 0.3) is 5.91 Å². The van der Waals surface area contributed by atoms with Gasteiger partial charge in [-0.05, 0) is 25.0 Å². The number of benzene rings is 1. The van der Waals surface area contributed by atoms with Crippen molar-refractivity contribution < 1.29 is 19.6 Å². The molecule has 8 heteroatoms. The van der Waals surface area contributed by atoms with Gasteiger partial charge in [-0.25, -0.2) is 14.7 Å². The van der Waals surface area contributed by atoms with Crippen LogP contribution in [-0.4, -0.2) is 51.8 Å². The summed E-state index contributed by atoms with van der Waals surface area (Å²) in [4.78, 5) is 37.1. The summed E-state index contributed by atoms with van der Waals surface area (Å²) in [5.41, 5.74) is 0.565. The predicted molar refractivity (Wildman–Crippen MR) is 76.1 cm³/mol. The van der Waals surface area contributed by atoms with Gasteiger partial charge in [-0.15, -0.1) is 0 Å². The Morgan fingerprint density at radius 1 is 1.18 bits per heavy atom. The zero-order valence-corrected chi connectivity index (χ0v) is 11.7. The lowest BCUT2D eigenvalue weighted by Crippen LogP contribution is -2.51. The molecule has 3 N–H and O–H groups in total. The van der Waals surface area contributed by atoms with Crippen molar-refractivity contribution in [3.05, 3.63) is 30.3 Å². The van der Waals surface area contributed by atoms with Crippen molar-refractivity contribution in [2.45, 2.75) is 24.9 Å². The first-order valence-corrected chi connectivity index (χ1v) is 7.02. The van der Waals surface area contributed by atoms with E-state index in [1.54, 1.807) is 24.3 Å². The van der Waals surface area contributed by atoms with Crippen LogP contribution in [-0.2, 0) is 4.79 Å². The SMILES string of the molecule is O=C(NC(=O)C1CCC2CN1C(=O)N2O)Nc1ccccc1. The van der Waals surface area contributed by atoms with Crippen molar-refractivity contribution in [2.24, 2.45) is 0 Å². The van der Waals surface area contributed by atoms with Crippen LogP contribution in [0, 0.1) is 0 Å². The van der Waals surface area contributed by atoms with Crippen LogP contribution in [0.25, 0.3) is 0 Å². The Labute approximate surface area is 126 Å². The number of hydrogen-bond acceptors (Lipinski definition) is 4. The summed E-state index contributed by atoms with van der Waals surface area (Å²) < 4.78 is 0. The molecular formula is C14H16N4O4. The maximum atomic E-state index is 12.2. The van der Waals surface area contributed by atoms with Crippen molar-refractivity contribution >= 4 is 23.7 Å². The Hall–Kier alpha value is -2.61. The first kappa shape index (κ1) is 14.3. The minimum atomic E-state index is -0.734. The van der Waals surface area contributed by atoms with E-state index in [2.05, 4.69) is 10.6 Å². The van der Waals surface area contributed by atoms with E-state index >= 15 is 0 Å². The molecule has 2 aliphatic rings. The summed E-state index contributed by atoms with van der Waals surface area (Å²) in [7, 11) is 0. The second-order valence-corrected chi connectivity index (χ2v) is 5.34. The summed E-state index contributed by atoms with van der Waals surface area (Å²) in [6.45, 7) is 0.299. The largest absolute Gasteiger partial charge is 0.344 e. The standard InChI is InChI=1S/C14H16N4O4/c19-12(16-13(20)15-9-4-2-1-3-5-9)11-7-6-10-8-17(11)14(21)18(10)22/h1-5,10-11,22H,6-8H2,(H2,15,16,19,20). The van der Waals surface area contributed by atoms with Crippen molar-refractivity contribution in [2.75, 3.05) is 11.9 Å². The summed E-state index contributed by atoms with van der Waals surface area (Å²) in [6, 6.07) is 6.49. The molecule has 2 unspecified atom stereocenters. The molecule has 0 spiro atoms. The monoisotopic (exact) mass is 304 g/mol. The molecule has 2 saturated heterocycles. The first-order chi connectivity index (χ1) is 10.6. The van der Waals surface area contributed by atoms with Gasteiger partial charge in [0.1, 0.15) is 6.04 Å². The van der Waals surface area contributed by atoms with Crippen LogP contribution in [0.2, 0.25) is 0 Å². The molecule has 3 rings (SSSR count). The van der Waals surface area contributed by atoms with Crippen LogP contribution in [0.3, 0.4) is 0 Å². The topological polar surface area (TPSA) is 102 Å². The molecule has 116 valence electrons. The van der Waals surface area contributed by atoms with Crippen LogP contribution in [0.1, 0.15) is 12.8 Å². The molecule has 2 atom stereocenters. The highest BCUT2D eigenvalue weighted by molar-refractivity contribution is 6.03. The minimum Gasteiger partial charge on any atom is -0.309 e. The number of nitrogens with one attached hydrogen (secondary N) is 2. The molecule has 2 aliphatic heterocycles. The summed E-state index contributed by atoms with van der Waals surface area (Å²) in [6.07, 6.45) is 0.940. The number of nitrogens with zero attached hydrogens (tertiary/aromatic N) is 2. The fraction of sp³-hybridized carbons (Fsp3) is 0.357. The van der Waals surface area contributed by atoms with Crippen LogP contribution >= 0.6 is 0 Å². The van der Waals surface area contributed by atoms with E-state index in [-0.39, 0.29) is 6.04 Å². The molecule has 0 saturated carbocycles. The van der Waals surface area contributed by atoms with Gasteiger partial charge in [0.15, 0.2) is 0 Å². The third-order valence-electron chi connectivity index (χ3n) is 3.92. The van der Waals surface area contributed by atoms with Gasteiger partial charge in [0.2, 0.25) is 0 Å². The molecule has 22 heavy (non-hydrogen) atoms. The van der Waals surface area contributed by atoms with E-state index in [4.69, 9.17) is 0 Å². The van der Waals surface area contributed by atoms with Crippen LogP contribution < -0.4 is 10.6 Å². The van der Waals surface area contributed by atoms with E-state index in [9.17, 15) is 19.6 Å². The molecule has 2 fully saturated rings. The van der Waals surface area contributed by atoms with Crippen LogP contribution in [0.4, 0.5) is 15.3 Å². The Kier molecular flexibility index (Phi) is 3.68. The second-order valence-electron chi connectivity index (χ2n) is 5.34. The normalized spacial score (nSPS) is 23.4. The van der Waals surface area contributed by atoms with Gasteiger partial charge in [-0.2, -0.15) is 0 Å². The maximum absolute atomic E-state index is 12.2. The van der Waals surface area contributed by atoms with Crippen LogP contribution in [0.5, 0.6) is 0 Å².